The lowest BCUT2D eigenvalue weighted by molar-refractivity contribution is 0.669. The number of rotatable bonds is 3. The molecule has 3 heteroatoms. The molecule has 0 atom stereocenters. The van der Waals surface area contributed by atoms with Gasteiger partial charge in [0.25, 0.3) is 0 Å². The highest BCUT2D eigenvalue weighted by atomic mass is 32.1. The van der Waals surface area contributed by atoms with Crippen LogP contribution in [0.1, 0.15) is 0 Å². The van der Waals surface area contributed by atoms with Crippen molar-refractivity contribution in [1.29, 1.82) is 0 Å². The summed E-state index contributed by atoms with van der Waals surface area (Å²) in [5, 5.41) is 4.82. The minimum atomic E-state index is 0.899. The zero-order valence-corrected chi connectivity index (χ0v) is 21.2. The second kappa shape index (κ2) is 8.41. The van der Waals surface area contributed by atoms with Crippen molar-refractivity contribution in [3.05, 3.63) is 127 Å². The van der Waals surface area contributed by atoms with Crippen LogP contribution in [0.4, 0.5) is 0 Å². The van der Waals surface area contributed by atoms with Gasteiger partial charge in [0, 0.05) is 42.1 Å². The number of aromatic nitrogens is 1. The van der Waals surface area contributed by atoms with E-state index in [0.29, 0.717) is 0 Å². The van der Waals surface area contributed by atoms with E-state index in [1.54, 1.807) is 0 Å². The van der Waals surface area contributed by atoms with Gasteiger partial charge in [-0.1, -0.05) is 66.7 Å². The van der Waals surface area contributed by atoms with E-state index in [9.17, 15) is 0 Å². The molecule has 3 heterocycles. The summed E-state index contributed by atoms with van der Waals surface area (Å²) in [5.74, 6) is 0. The maximum Gasteiger partial charge on any atom is 0.135 e. The van der Waals surface area contributed by atoms with Gasteiger partial charge in [0.15, 0.2) is 0 Å². The van der Waals surface area contributed by atoms with Crippen LogP contribution in [0.5, 0.6) is 0 Å². The number of thiophene rings is 1. The lowest BCUT2D eigenvalue weighted by Gasteiger charge is -2.06. The number of nitrogens with zero attached hydrogens (tertiary/aromatic N) is 1. The number of pyridine rings is 1. The third kappa shape index (κ3) is 3.44. The third-order valence-electron chi connectivity index (χ3n) is 7.29. The lowest BCUT2D eigenvalue weighted by Crippen LogP contribution is -1.88. The summed E-state index contributed by atoms with van der Waals surface area (Å²) in [4.78, 5) is 5.09. The molecule has 8 rings (SSSR count). The Morgan fingerprint density at radius 1 is 0.421 bits per heavy atom. The second-order valence-corrected chi connectivity index (χ2v) is 10.7. The molecule has 3 aromatic heterocycles. The fourth-order valence-corrected chi connectivity index (χ4v) is 6.46. The number of hydrogen-bond acceptors (Lipinski definition) is 3. The highest BCUT2D eigenvalue weighted by Gasteiger charge is 2.12. The molecule has 0 unspecified atom stereocenters. The zero-order valence-electron chi connectivity index (χ0n) is 20.4. The van der Waals surface area contributed by atoms with Crippen LogP contribution in [0.25, 0.3) is 75.8 Å². The topological polar surface area (TPSA) is 26.0 Å². The lowest BCUT2D eigenvalue weighted by atomic mass is 10.0. The van der Waals surface area contributed by atoms with Crippen molar-refractivity contribution < 1.29 is 4.42 Å². The summed E-state index contributed by atoms with van der Waals surface area (Å²) < 4.78 is 8.62. The van der Waals surface area contributed by atoms with Gasteiger partial charge in [0.1, 0.15) is 11.2 Å². The molecule has 0 bridgehead atoms. The van der Waals surface area contributed by atoms with Crippen LogP contribution in [0, 0.1) is 0 Å². The smallest absolute Gasteiger partial charge is 0.135 e. The Balaban J connectivity index is 1.23. The van der Waals surface area contributed by atoms with E-state index in [1.165, 1.54) is 31.3 Å². The summed E-state index contributed by atoms with van der Waals surface area (Å²) in [5.41, 5.74) is 8.42. The second-order valence-electron chi connectivity index (χ2n) is 9.61. The average Bonchev–Trinajstić information content (AvgIpc) is 3.54. The summed E-state index contributed by atoms with van der Waals surface area (Å²) in [6.07, 6.45) is 0. The predicted molar refractivity (Wildman–Crippen MR) is 161 cm³/mol. The van der Waals surface area contributed by atoms with Crippen molar-refractivity contribution in [2.24, 2.45) is 0 Å². The van der Waals surface area contributed by atoms with E-state index < -0.39 is 0 Å². The number of fused-ring (bicyclic) bond motifs is 6. The molecule has 0 aliphatic carbocycles. The molecule has 5 aromatic carbocycles. The van der Waals surface area contributed by atoms with E-state index in [-0.39, 0.29) is 0 Å². The molecule has 0 spiro atoms. The monoisotopic (exact) mass is 503 g/mol. The fourth-order valence-electron chi connectivity index (χ4n) is 5.39. The molecular formula is C35H21NOS. The van der Waals surface area contributed by atoms with Gasteiger partial charge in [0.2, 0.25) is 0 Å². The Bertz CT molecular complexity index is 2140. The van der Waals surface area contributed by atoms with Gasteiger partial charge in [-0.2, -0.15) is 0 Å². The number of furan rings is 1. The molecule has 8 aromatic rings. The molecule has 0 saturated heterocycles. The van der Waals surface area contributed by atoms with Crippen molar-refractivity contribution in [2.75, 3.05) is 0 Å². The van der Waals surface area contributed by atoms with Crippen molar-refractivity contribution in [3.8, 4) is 33.6 Å². The molecule has 178 valence electrons. The van der Waals surface area contributed by atoms with Crippen LogP contribution in [-0.2, 0) is 0 Å². The van der Waals surface area contributed by atoms with Gasteiger partial charge in [-0.05, 0) is 71.8 Å². The minimum absolute atomic E-state index is 0.899. The minimum Gasteiger partial charge on any atom is -0.456 e. The molecule has 0 radical (unpaired) electrons. The largest absolute Gasteiger partial charge is 0.456 e. The van der Waals surface area contributed by atoms with Crippen LogP contribution in [0.2, 0.25) is 0 Å². The maximum atomic E-state index is 6.02. The molecule has 2 nitrogen and oxygen atoms in total. The highest BCUT2D eigenvalue weighted by Crippen LogP contribution is 2.39. The molecule has 0 amide bonds. The highest BCUT2D eigenvalue weighted by molar-refractivity contribution is 7.25. The zero-order chi connectivity index (χ0) is 25.1. The molecule has 0 aliphatic heterocycles. The van der Waals surface area contributed by atoms with E-state index in [0.717, 1.165) is 44.5 Å². The Labute approximate surface area is 223 Å². The van der Waals surface area contributed by atoms with Gasteiger partial charge in [-0.15, -0.1) is 11.3 Å². The molecule has 0 N–H and O–H groups in total. The van der Waals surface area contributed by atoms with Gasteiger partial charge >= 0.3 is 0 Å². The van der Waals surface area contributed by atoms with Gasteiger partial charge in [-0.25, -0.2) is 4.98 Å². The van der Waals surface area contributed by atoms with Crippen molar-refractivity contribution >= 4 is 53.4 Å². The Morgan fingerprint density at radius 3 is 1.82 bits per heavy atom. The first kappa shape index (κ1) is 21.4. The summed E-state index contributed by atoms with van der Waals surface area (Å²) >= 11 is 1.84. The Morgan fingerprint density at radius 2 is 1.03 bits per heavy atom. The van der Waals surface area contributed by atoms with Crippen LogP contribution in [0.3, 0.4) is 0 Å². The van der Waals surface area contributed by atoms with Crippen LogP contribution in [0.15, 0.2) is 132 Å². The quantitative estimate of drug-likeness (QED) is 0.240. The molecule has 0 fully saturated rings. The van der Waals surface area contributed by atoms with Gasteiger partial charge in [0.05, 0.1) is 11.4 Å². The van der Waals surface area contributed by atoms with Gasteiger partial charge < -0.3 is 4.42 Å². The van der Waals surface area contributed by atoms with Crippen molar-refractivity contribution in [3.63, 3.8) is 0 Å². The molecule has 38 heavy (non-hydrogen) atoms. The number of para-hydroxylation sites is 1. The Kier molecular flexibility index (Phi) is 4.73. The molecule has 0 saturated carbocycles. The molecular weight excluding hydrogens is 482 g/mol. The standard InChI is InChI=1S/C35H21NOS/c1-2-7-22(8-3-1)23-14-17-34-28(19-23)29-21-25(15-18-35(29)38-34)31-11-6-10-30(36-31)24-13-16-33-27(20-24)26-9-4-5-12-32(26)37-33/h1-21H. The van der Waals surface area contributed by atoms with E-state index in [2.05, 4.69) is 109 Å². The maximum absolute atomic E-state index is 6.02. The van der Waals surface area contributed by atoms with E-state index >= 15 is 0 Å². The van der Waals surface area contributed by atoms with Crippen molar-refractivity contribution in [2.45, 2.75) is 0 Å². The summed E-state index contributed by atoms with van der Waals surface area (Å²) in [7, 11) is 0. The van der Waals surface area contributed by atoms with Gasteiger partial charge in [-0.3, -0.25) is 0 Å². The Hall–Kier alpha value is -4.73. The van der Waals surface area contributed by atoms with E-state index in [4.69, 9.17) is 9.40 Å². The third-order valence-corrected chi connectivity index (χ3v) is 8.45. The predicted octanol–water partition coefficient (Wildman–Crippen LogP) is 10.3. The summed E-state index contributed by atoms with van der Waals surface area (Å²) in [6.45, 7) is 0. The van der Waals surface area contributed by atoms with Crippen LogP contribution < -0.4 is 0 Å². The van der Waals surface area contributed by atoms with Crippen LogP contribution >= 0.6 is 11.3 Å². The SMILES string of the molecule is c1ccc(-c2ccc3sc4ccc(-c5cccc(-c6ccc7oc8ccccc8c7c6)n5)cc4c3c2)cc1. The average molecular weight is 504 g/mol. The first-order valence-corrected chi connectivity index (χ1v) is 13.5. The fraction of sp³-hybridized carbons (Fsp3) is 0. The van der Waals surface area contributed by atoms with E-state index in [1.807, 2.05) is 29.5 Å². The number of benzene rings is 5. The first-order chi connectivity index (χ1) is 18.8. The summed E-state index contributed by atoms with van der Waals surface area (Å²) in [6, 6.07) is 44.9. The van der Waals surface area contributed by atoms with Crippen molar-refractivity contribution in [1.82, 2.24) is 4.98 Å². The normalized spacial score (nSPS) is 11.7. The number of hydrogen-bond donors (Lipinski definition) is 0. The van der Waals surface area contributed by atoms with Crippen LogP contribution in [-0.4, -0.2) is 4.98 Å². The molecule has 0 aliphatic rings. The first-order valence-electron chi connectivity index (χ1n) is 12.7.